The van der Waals surface area contributed by atoms with Gasteiger partial charge in [-0.3, -0.25) is 4.79 Å². The second-order valence-electron chi connectivity index (χ2n) is 6.33. The van der Waals surface area contributed by atoms with Crippen LogP contribution in [-0.2, 0) is 0 Å². The van der Waals surface area contributed by atoms with Crippen molar-refractivity contribution in [3.63, 3.8) is 0 Å². The van der Waals surface area contributed by atoms with Gasteiger partial charge >= 0.3 is 0 Å². The monoisotopic (exact) mass is 345 g/mol. The molecule has 0 aromatic heterocycles. The molecule has 3 rings (SSSR count). The molecule has 0 spiro atoms. The van der Waals surface area contributed by atoms with Gasteiger partial charge in [0.15, 0.2) is 0 Å². The normalized spacial score (nSPS) is 11.6. The average molecular weight is 345 g/mol. The van der Waals surface area contributed by atoms with Crippen molar-refractivity contribution in [2.24, 2.45) is 0 Å². The SMILES string of the molecule is Cc1cccc(C)c1OCC(NC(=O)c1ccccc1)c1ccccc1. The van der Waals surface area contributed by atoms with Crippen LogP contribution in [0.25, 0.3) is 0 Å². The van der Waals surface area contributed by atoms with Crippen molar-refractivity contribution in [1.82, 2.24) is 5.32 Å². The molecule has 3 heteroatoms. The molecule has 3 aromatic rings. The first-order valence-corrected chi connectivity index (χ1v) is 8.75. The Hall–Kier alpha value is -3.07. The quantitative estimate of drug-likeness (QED) is 0.693. The molecule has 1 atom stereocenters. The maximum Gasteiger partial charge on any atom is 0.251 e. The van der Waals surface area contributed by atoms with E-state index < -0.39 is 0 Å². The highest BCUT2D eigenvalue weighted by Gasteiger charge is 2.17. The molecule has 1 N–H and O–H groups in total. The average Bonchev–Trinajstić information content (AvgIpc) is 2.68. The number of amides is 1. The van der Waals surface area contributed by atoms with Gasteiger partial charge in [0.2, 0.25) is 0 Å². The first-order valence-electron chi connectivity index (χ1n) is 8.75. The van der Waals surface area contributed by atoms with Gasteiger partial charge in [0.05, 0.1) is 6.04 Å². The first kappa shape index (κ1) is 17.7. The van der Waals surface area contributed by atoms with Crippen molar-refractivity contribution in [1.29, 1.82) is 0 Å². The van der Waals surface area contributed by atoms with E-state index in [0.29, 0.717) is 12.2 Å². The molecule has 3 aromatic carbocycles. The fourth-order valence-electron chi connectivity index (χ4n) is 2.93. The molecule has 0 saturated carbocycles. The van der Waals surface area contributed by atoms with Gasteiger partial charge in [-0.1, -0.05) is 66.7 Å². The molecule has 0 bridgehead atoms. The van der Waals surface area contributed by atoms with Gasteiger partial charge < -0.3 is 10.1 Å². The van der Waals surface area contributed by atoms with E-state index in [1.165, 1.54) is 0 Å². The largest absolute Gasteiger partial charge is 0.491 e. The number of benzene rings is 3. The number of carbonyl (C=O) groups excluding carboxylic acids is 1. The van der Waals surface area contributed by atoms with E-state index in [4.69, 9.17) is 4.74 Å². The third-order valence-electron chi connectivity index (χ3n) is 4.35. The van der Waals surface area contributed by atoms with E-state index in [2.05, 4.69) is 5.32 Å². The number of hydrogen-bond acceptors (Lipinski definition) is 2. The molecule has 0 aliphatic heterocycles. The van der Waals surface area contributed by atoms with E-state index in [1.54, 1.807) is 0 Å². The van der Waals surface area contributed by atoms with Crippen LogP contribution in [0.15, 0.2) is 78.9 Å². The van der Waals surface area contributed by atoms with Crippen LogP contribution in [0.1, 0.15) is 33.1 Å². The molecular formula is C23H23NO2. The number of ether oxygens (including phenoxy) is 1. The predicted octanol–water partition coefficient (Wildman–Crippen LogP) is 4.85. The van der Waals surface area contributed by atoms with Crippen LogP contribution in [-0.4, -0.2) is 12.5 Å². The second kappa shape index (κ2) is 8.34. The molecule has 132 valence electrons. The Balaban J connectivity index is 1.79. The van der Waals surface area contributed by atoms with Gasteiger partial charge in [-0.2, -0.15) is 0 Å². The van der Waals surface area contributed by atoms with Gasteiger partial charge in [-0.25, -0.2) is 0 Å². The lowest BCUT2D eigenvalue weighted by molar-refractivity contribution is 0.0921. The molecule has 26 heavy (non-hydrogen) atoms. The molecule has 1 amide bonds. The summed E-state index contributed by atoms with van der Waals surface area (Å²) in [5, 5.41) is 3.09. The number of hydrogen-bond donors (Lipinski definition) is 1. The zero-order valence-electron chi connectivity index (χ0n) is 15.1. The minimum atomic E-state index is -0.233. The third kappa shape index (κ3) is 4.31. The van der Waals surface area contributed by atoms with Crippen LogP contribution in [0.2, 0.25) is 0 Å². The molecule has 0 radical (unpaired) electrons. The van der Waals surface area contributed by atoms with Gasteiger partial charge in [0.25, 0.3) is 5.91 Å². The van der Waals surface area contributed by atoms with Crippen molar-refractivity contribution in [3.05, 3.63) is 101 Å². The zero-order valence-corrected chi connectivity index (χ0v) is 15.1. The Bertz CT molecular complexity index is 840. The summed E-state index contributed by atoms with van der Waals surface area (Å²) in [5.41, 5.74) is 3.83. The second-order valence-corrected chi connectivity index (χ2v) is 6.33. The molecule has 1 unspecified atom stereocenters. The van der Waals surface area contributed by atoms with Crippen LogP contribution in [0.3, 0.4) is 0 Å². The summed E-state index contributed by atoms with van der Waals surface area (Å²) in [4.78, 5) is 12.6. The van der Waals surface area contributed by atoms with E-state index >= 15 is 0 Å². The highest BCUT2D eigenvalue weighted by Crippen LogP contribution is 2.24. The van der Waals surface area contributed by atoms with Gasteiger partial charge in [0.1, 0.15) is 12.4 Å². The molecule has 0 saturated heterocycles. The summed E-state index contributed by atoms with van der Waals surface area (Å²) in [5.74, 6) is 0.770. The minimum Gasteiger partial charge on any atom is -0.491 e. The van der Waals surface area contributed by atoms with Crippen LogP contribution in [0, 0.1) is 13.8 Å². The summed E-state index contributed by atoms with van der Waals surface area (Å²) in [6.07, 6.45) is 0. The van der Waals surface area contributed by atoms with Crippen LogP contribution >= 0.6 is 0 Å². The van der Waals surface area contributed by atoms with Crippen molar-refractivity contribution in [2.45, 2.75) is 19.9 Å². The summed E-state index contributed by atoms with van der Waals surface area (Å²) in [6.45, 7) is 4.43. The lowest BCUT2D eigenvalue weighted by atomic mass is 10.1. The Kier molecular flexibility index (Phi) is 5.69. The van der Waals surface area contributed by atoms with Crippen molar-refractivity contribution < 1.29 is 9.53 Å². The summed E-state index contributed by atoms with van der Waals surface area (Å²) in [6, 6.07) is 25.0. The summed E-state index contributed by atoms with van der Waals surface area (Å²) < 4.78 is 6.11. The van der Waals surface area contributed by atoms with E-state index in [0.717, 1.165) is 22.4 Å². The van der Waals surface area contributed by atoms with Crippen molar-refractivity contribution in [3.8, 4) is 5.75 Å². The molecule has 0 aliphatic rings. The minimum absolute atomic E-state index is 0.107. The fraction of sp³-hybridized carbons (Fsp3) is 0.174. The van der Waals surface area contributed by atoms with Crippen molar-refractivity contribution >= 4 is 5.91 Å². The summed E-state index contributed by atoms with van der Waals surface area (Å²) >= 11 is 0. The van der Waals surface area contributed by atoms with Crippen LogP contribution in [0.5, 0.6) is 5.75 Å². The van der Waals surface area contributed by atoms with Crippen molar-refractivity contribution in [2.75, 3.05) is 6.61 Å². The molecule has 0 aliphatic carbocycles. The predicted molar refractivity (Wildman–Crippen MR) is 105 cm³/mol. The molecule has 0 fully saturated rings. The van der Waals surface area contributed by atoms with E-state index in [9.17, 15) is 4.79 Å². The topological polar surface area (TPSA) is 38.3 Å². The number of rotatable bonds is 6. The molecule has 0 heterocycles. The highest BCUT2D eigenvalue weighted by molar-refractivity contribution is 5.94. The maximum absolute atomic E-state index is 12.6. The van der Waals surface area contributed by atoms with Gasteiger partial charge in [0, 0.05) is 5.56 Å². The number of carbonyl (C=O) groups is 1. The summed E-state index contributed by atoms with van der Waals surface area (Å²) in [7, 11) is 0. The Morgan fingerprint density at radius 2 is 1.42 bits per heavy atom. The molecule has 3 nitrogen and oxygen atoms in total. The van der Waals surface area contributed by atoms with E-state index in [-0.39, 0.29) is 11.9 Å². The standard InChI is InChI=1S/C23H23NO2/c1-17-10-9-11-18(2)22(17)26-16-21(19-12-5-3-6-13-19)24-23(25)20-14-7-4-8-15-20/h3-15,21H,16H2,1-2H3,(H,24,25). The Labute approximate surface area is 154 Å². The smallest absolute Gasteiger partial charge is 0.251 e. The van der Waals surface area contributed by atoms with E-state index in [1.807, 2.05) is 92.7 Å². The highest BCUT2D eigenvalue weighted by atomic mass is 16.5. The fourth-order valence-corrected chi connectivity index (χ4v) is 2.93. The molecular weight excluding hydrogens is 322 g/mol. The van der Waals surface area contributed by atoms with Crippen LogP contribution < -0.4 is 10.1 Å². The lowest BCUT2D eigenvalue weighted by Crippen LogP contribution is -2.32. The van der Waals surface area contributed by atoms with Crippen LogP contribution in [0.4, 0.5) is 0 Å². The Morgan fingerprint density at radius 3 is 2.04 bits per heavy atom. The van der Waals surface area contributed by atoms with Gasteiger partial charge in [-0.15, -0.1) is 0 Å². The lowest BCUT2D eigenvalue weighted by Gasteiger charge is -2.21. The maximum atomic E-state index is 12.6. The number of aryl methyl sites for hydroxylation is 2. The first-order chi connectivity index (χ1) is 12.6. The number of para-hydroxylation sites is 1. The number of nitrogens with one attached hydrogen (secondary N) is 1. The zero-order chi connectivity index (χ0) is 18.4. The Morgan fingerprint density at radius 1 is 0.846 bits per heavy atom. The van der Waals surface area contributed by atoms with Gasteiger partial charge in [-0.05, 0) is 42.7 Å². The third-order valence-corrected chi connectivity index (χ3v) is 4.35.